The van der Waals surface area contributed by atoms with Crippen LogP contribution in [-0.2, 0) is 14.3 Å². The van der Waals surface area contributed by atoms with Crippen molar-refractivity contribution in [2.24, 2.45) is 0 Å². The molecular formula is C21H25ClN2O4S. The first kappa shape index (κ1) is 21.7. The van der Waals surface area contributed by atoms with Crippen molar-refractivity contribution in [3.63, 3.8) is 0 Å². The Morgan fingerprint density at radius 2 is 2.07 bits per heavy atom. The lowest BCUT2D eigenvalue weighted by Crippen LogP contribution is -2.45. The Morgan fingerprint density at radius 1 is 1.38 bits per heavy atom. The van der Waals surface area contributed by atoms with Gasteiger partial charge in [0, 0.05) is 23.3 Å². The highest BCUT2D eigenvalue weighted by Gasteiger charge is 2.38. The minimum atomic E-state index is -0.609. The normalized spacial score (nSPS) is 22.3. The molecule has 1 saturated heterocycles. The number of imide groups is 1. The molecule has 0 spiro atoms. The summed E-state index contributed by atoms with van der Waals surface area (Å²) in [5, 5.41) is 0.0240. The molecule has 1 aromatic carbocycles. The molecular weight excluding hydrogens is 412 g/mol. The van der Waals surface area contributed by atoms with Gasteiger partial charge < -0.3 is 9.64 Å². The standard InChI is InChI=1S/C21H25ClN2O4S/c1-6-28-18(25)11-24-19(26)17(29-20(24)27)8-13-7-14-12(2)10-21(3,4)23(5)16(14)9-15(13)22/h7-9,12H,6,10-11H2,1-5H3/b17-8+. The van der Waals surface area contributed by atoms with Gasteiger partial charge in [-0.1, -0.05) is 18.5 Å². The molecule has 29 heavy (non-hydrogen) atoms. The molecule has 1 fully saturated rings. The summed E-state index contributed by atoms with van der Waals surface area (Å²) in [5.74, 6) is -0.782. The summed E-state index contributed by atoms with van der Waals surface area (Å²) in [6.07, 6.45) is 2.62. The minimum absolute atomic E-state index is 0.0208. The average Bonchev–Trinajstić information content (AvgIpc) is 2.88. The van der Waals surface area contributed by atoms with Crippen molar-refractivity contribution >= 4 is 52.2 Å². The van der Waals surface area contributed by atoms with E-state index in [2.05, 4.69) is 32.7 Å². The SMILES string of the molecule is CCOC(=O)CN1C(=O)S/C(=C/c2cc3c(cc2Cl)N(C)C(C)(C)CC3C)C1=O. The van der Waals surface area contributed by atoms with Gasteiger partial charge in [-0.2, -0.15) is 0 Å². The predicted molar refractivity (Wildman–Crippen MR) is 116 cm³/mol. The number of thioether (sulfide) groups is 1. The van der Waals surface area contributed by atoms with E-state index in [1.807, 2.05) is 12.1 Å². The van der Waals surface area contributed by atoms with Crippen LogP contribution in [0.25, 0.3) is 6.08 Å². The number of esters is 1. The Kier molecular flexibility index (Phi) is 6.01. The fraction of sp³-hybridized carbons (Fsp3) is 0.476. The van der Waals surface area contributed by atoms with Crippen molar-refractivity contribution in [2.75, 3.05) is 25.1 Å². The molecule has 1 aromatic rings. The Balaban J connectivity index is 1.92. The molecule has 2 aliphatic heterocycles. The molecule has 1 atom stereocenters. The smallest absolute Gasteiger partial charge is 0.326 e. The molecule has 3 rings (SSSR count). The van der Waals surface area contributed by atoms with Crippen LogP contribution in [0.4, 0.5) is 10.5 Å². The van der Waals surface area contributed by atoms with Crippen molar-refractivity contribution in [1.82, 2.24) is 4.90 Å². The molecule has 0 saturated carbocycles. The van der Waals surface area contributed by atoms with Crippen LogP contribution >= 0.6 is 23.4 Å². The maximum Gasteiger partial charge on any atom is 0.326 e. The number of fused-ring (bicyclic) bond motifs is 1. The molecule has 0 bridgehead atoms. The van der Waals surface area contributed by atoms with E-state index in [4.69, 9.17) is 16.3 Å². The van der Waals surface area contributed by atoms with Crippen molar-refractivity contribution < 1.29 is 19.1 Å². The Labute approximate surface area is 180 Å². The number of hydrogen-bond acceptors (Lipinski definition) is 6. The van der Waals surface area contributed by atoms with Gasteiger partial charge in [-0.3, -0.25) is 19.3 Å². The number of nitrogens with zero attached hydrogens (tertiary/aromatic N) is 2. The van der Waals surface area contributed by atoms with Crippen molar-refractivity contribution in [2.45, 2.75) is 45.6 Å². The zero-order chi connectivity index (χ0) is 21.5. The van der Waals surface area contributed by atoms with E-state index in [0.717, 1.165) is 34.3 Å². The van der Waals surface area contributed by atoms with Gasteiger partial charge in [0.1, 0.15) is 6.54 Å². The number of carbonyl (C=O) groups excluding carboxylic acids is 3. The molecule has 2 heterocycles. The summed E-state index contributed by atoms with van der Waals surface area (Å²) < 4.78 is 4.83. The molecule has 0 N–H and O–H groups in total. The van der Waals surface area contributed by atoms with Gasteiger partial charge in [0.25, 0.3) is 11.1 Å². The van der Waals surface area contributed by atoms with Crippen molar-refractivity contribution in [1.29, 1.82) is 0 Å². The Hall–Kier alpha value is -1.99. The number of benzene rings is 1. The third-order valence-electron chi connectivity index (χ3n) is 5.50. The number of ether oxygens (including phenoxy) is 1. The van der Waals surface area contributed by atoms with E-state index in [-0.39, 0.29) is 23.6 Å². The lowest BCUT2D eigenvalue weighted by Gasteiger charge is -2.45. The first-order valence-electron chi connectivity index (χ1n) is 9.53. The monoisotopic (exact) mass is 436 g/mol. The quantitative estimate of drug-likeness (QED) is 0.505. The highest BCUT2D eigenvalue weighted by atomic mass is 35.5. The maximum atomic E-state index is 12.6. The van der Waals surface area contributed by atoms with E-state index in [1.54, 1.807) is 13.0 Å². The maximum absolute atomic E-state index is 12.6. The van der Waals surface area contributed by atoms with Crippen LogP contribution in [0.15, 0.2) is 17.0 Å². The minimum Gasteiger partial charge on any atom is -0.465 e. The molecule has 8 heteroatoms. The van der Waals surface area contributed by atoms with Crippen LogP contribution in [0.5, 0.6) is 0 Å². The molecule has 6 nitrogen and oxygen atoms in total. The van der Waals surface area contributed by atoms with E-state index < -0.39 is 17.1 Å². The topological polar surface area (TPSA) is 66.9 Å². The number of anilines is 1. The van der Waals surface area contributed by atoms with Gasteiger partial charge in [0.05, 0.1) is 11.5 Å². The van der Waals surface area contributed by atoms with Crippen LogP contribution in [0.2, 0.25) is 5.02 Å². The zero-order valence-electron chi connectivity index (χ0n) is 17.2. The number of rotatable bonds is 4. The third kappa shape index (κ3) is 4.16. The predicted octanol–water partition coefficient (Wildman–Crippen LogP) is 4.66. The average molecular weight is 437 g/mol. The first-order chi connectivity index (χ1) is 13.5. The largest absolute Gasteiger partial charge is 0.465 e. The van der Waals surface area contributed by atoms with Crippen LogP contribution < -0.4 is 4.90 Å². The second kappa shape index (κ2) is 8.03. The Bertz CT molecular complexity index is 912. The molecule has 2 aliphatic rings. The van der Waals surface area contributed by atoms with Gasteiger partial charge >= 0.3 is 5.97 Å². The molecule has 0 radical (unpaired) electrons. The summed E-state index contributed by atoms with van der Waals surface area (Å²) in [6, 6.07) is 3.91. The van der Waals surface area contributed by atoms with Crippen LogP contribution in [0.1, 0.15) is 51.2 Å². The number of carbonyl (C=O) groups is 3. The van der Waals surface area contributed by atoms with E-state index >= 15 is 0 Å². The van der Waals surface area contributed by atoms with E-state index in [9.17, 15) is 14.4 Å². The van der Waals surface area contributed by atoms with Gasteiger partial charge in [0.2, 0.25) is 0 Å². The fourth-order valence-electron chi connectivity index (χ4n) is 3.83. The Morgan fingerprint density at radius 3 is 2.72 bits per heavy atom. The summed E-state index contributed by atoms with van der Waals surface area (Å²) >= 11 is 7.33. The van der Waals surface area contributed by atoms with Gasteiger partial charge in [-0.05, 0) is 74.2 Å². The van der Waals surface area contributed by atoms with Crippen LogP contribution in [-0.4, -0.2) is 47.8 Å². The highest BCUT2D eigenvalue weighted by molar-refractivity contribution is 8.18. The molecule has 0 aliphatic carbocycles. The number of hydrogen-bond donors (Lipinski definition) is 0. The van der Waals surface area contributed by atoms with Crippen LogP contribution in [0.3, 0.4) is 0 Å². The van der Waals surface area contributed by atoms with Gasteiger partial charge in [-0.15, -0.1) is 0 Å². The van der Waals surface area contributed by atoms with Gasteiger partial charge in [-0.25, -0.2) is 0 Å². The second-order valence-corrected chi connectivity index (χ2v) is 9.38. The van der Waals surface area contributed by atoms with E-state index in [0.29, 0.717) is 16.5 Å². The number of halogens is 1. The summed E-state index contributed by atoms with van der Waals surface area (Å²) in [7, 11) is 2.06. The van der Waals surface area contributed by atoms with E-state index in [1.165, 1.54) is 0 Å². The first-order valence-corrected chi connectivity index (χ1v) is 10.7. The third-order valence-corrected chi connectivity index (χ3v) is 6.74. The molecule has 156 valence electrons. The second-order valence-electron chi connectivity index (χ2n) is 7.98. The lowest BCUT2D eigenvalue weighted by atomic mass is 9.80. The fourth-order valence-corrected chi connectivity index (χ4v) is 4.87. The summed E-state index contributed by atoms with van der Waals surface area (Å²) in [4.78, 5) is 39.9. The summed E-state index contributed by atoms with van der Waals surface area (Å²) in [6.45, 7) is 8.06. The zero-order valence-corrected chi connectivity index (χ0v) is 18.8. The summed E-state index contributed by atoms with van der Waals surface area (Å²) in [5.41, 5.74) is 2.94. The molecule has 1 unspecified atom stereocenters. The van der Waals surface area contributed by atoms with Gasteiger partial charge in [0.15, 0.2) is 0 Å². The lowest BCUT2D eigenvalue weighted by molar-refractivity contribution is -0.145. The highest BCUT2D eigenvalue weighted by Crippen LogP contribution is 2.45. The van der Waals surface area contributed by atoms with Crippen molar-refractivity contribution in [3.05, 3.63) is 33.2 Å². The molecule has 2 amide bonds. The van der Waals surface area contributed by atoms with Crippen molar-refractivity contribution in [3.8, 4) is 0 Å². The molecule has 0 aromatic heterocycles. The van der Waals surface area contributed by atoms with Crippen LogP contribution in [0, 0.1) is 0 Å². The number of amides is 2.